The standard InChI is InChI=1S/C47H39N3O6S2/c1-3-5-15-57-39-21-35-36(22-40(39)58-16-6-4-2)47(56)50(46(35)55)38-14-11-25(23-48-45(54)30-10-8-7-9-26(30)24-51)29-12-13-37(49-42(29)38)41-43(52)33-19-28-17-27-18-31(27)32(28)20-34(33)44(41)53/h7-14,17-22,24,41,45,48,54H,3-6,15-16,23H2,1-2H3. The average molecular weight is 806 g/mol. The number of carbonyl (C=O) groups is 5. The number of anilines is 1. The minimum atomic E-state index is -1.19. The molecule has 2 atom stereocenters. The van der Waals surface area contributed by atoms with Gasteiger partial charge in [-0.3, -0.25) is 29.3 Å². The van der Waals surface area contributed by atoms with Gasteiger partial charge in [0.1, 0.15) is 18.4 Å². The molecular weight excluding hydrogens is 767 g/mol. The van der Waals surface area contributed by atoms with Gasteiger partial charge >= 0.3 is 0 Å². The number of Topliss-reactive ketones (excluding diaryl/α,β-unsaturated/α-hetero) is 2. The number of pyridine rings is 1. The normalized spacial score (nSPS) is 15.8. The van der Waals surface area contributed by atoms with E-state index >= 15 is 0 Å². The largest absolute Gasteiger partial charge is 0.374 e. The zero-order chi connectivity index (χ0) is 40.2. The summed E-state index contributed by atoms with van der Waals surface area (Å²) in [5, 5.41) is 16.6. The molecule has 2 N–H and O–H groups in total. The summed E-state index contributed by atoms with van der Waals surface area (Å²) in [5.41, 5.74) is 5.72. The van der Waals surface area contributed by atoms with Crippen molar-refractivity contribution in [3.8, 4) is 11.1 Å². The Labute approximate surface area is 343 Å². The van der Waals surface area contributed by atoms with Crippen LogP contribution in [0.4, 0.5) is 5.69 Å². The van der Waals surface area contributed by atoms with Crippen LogP contribution in [-0.4, -0.2) is 51.3 Å². The fraction of sp³-hybridized carbons (Fsp3) is 0.234. The zero-order valence-electron chi connectivity index (χ0n) is 32.0. The number of nitrogens with zero attached hydrogens (tertiary/aromatic N) is 2. The number of imide groups is 1. The maximum atomic E-state index is 14.4. The number of hydrogen-bond acceptors (Lipinski definition) is 10. The highest BCUT2D eigenvalue weighted by atomic mass is 32.2. The second-order valence-electron chi connectivity index (χ2n) is 14.9. The molecular formula is C47H39N3O6S2. The molecule has 2 heterocycles. The summed E-state index contributed by atoms with van der Waals surface area (Å²) in [6, 6.07) is 24.9. The lowest BCUT2D eigenvalue weighted by Crippen LogP contribution is -2.30. The van der Waals surface area contributed by atoms with E-state index in [1.807, 2.05) is 24.3 Å². The fourth-order valence-corrected chi connectivity index (χ4v) is 10.5. The molecule has 2 amide bonds. The van der Waals surface area contributed by atoms with E-state index in [2.05, 4.69) is 19.2 Å². The van der Waals surface area contributed by atoms with Gasteiger partial charge in [-0.25, -0.2) is 9.88 Å². The Morgan fingerprint density at radius 1 is 0.759 bits per heavy atom. The fourth-order valence-electron chi connectivity index (χ4n) is 8.02. The first-order chi connectivity index (χ1) is 28.2. The molecule has 0 saturated carbocycles. The Morgan fingerprint density at radius 3 is 2.10 bits per heavy atom. The second kappa shape index (κ2) is 15.4. The molecule has 1 aromatic heterocycles. The van der Waals surface area contributed by atoms with Crippen LogP contribution in [0.5, 0.6) is 0 Å². The van der Waals surface area contributed by atoms with Gasteiger partial charge in [0.2, 0.25) is 0 Å². The summed E-state index contributed by atoms with van der Waals surface area (Å²) in [4.78, 5) is 76.7. The van der Waals surface area contributed by atoms with Crippen molar-refractivity contribution in [2.24, 2.45) is 0 Å². The van der Waals surface area contributed by atoms with Crippen molar-refractivity contribution in [3.05, 3.63) is 130 Å². The van der Waals surface area contributed by atoms with Crippen LogP contribution in [0, 0.1) is 0 Å². The van der Waals surface area contributed by atoms with Gasteiger partial charge in [0.05, 0.1) is 28.0 Å². The Bertz CT molecular complexity index is 2720. The number of aliphatic hydroxyl groups excluding tert-OH is 1. The van der Waals surface area contributed by atoms with Crippen LogP contribution in [0.15, 0.2) is 94.7 Å². The molecule has 4 aromatic carbocycles. The number of amides is 2. The van der Waals surface area contributed by atoms with Crippen LogP contribution in [0.25, 0.3) is 32.8 Å². The highest BCUT2D eigenvalue weighted by molar-refractivity contribution is 8.02. The Balaban J connectivity index is 1.12. The van der Waals surface area contributed by atoms with Gasteiger partial charge in [-0.05, 0) is 100 Å². The van der Waals surface area contributed by atoms with E-state index in [1.165, 1.54) is 0 Å². The Morgan fingerprint density at radius 2 is 1.43 bits per heavy atom. The molecule has 9 nitrogen and oxygen atoms in total. The summed E-state index contributed by atoms with van der Waals surface area (Å²) in [6.07, 6.45) is 3.64. The van der Waals surface area contributed by atoms with E-state index in [1.54, 1.807) is 84.2 Å². The molecule has 5 aromatic rings. The number of aliphatic hydroxyl groups is 1. The van der Waals surface area contributed by atoms with Gasteiger partial charge in [-0.1, -0.05) is 63.1 Å². The molecule has 290 valence electrons. The van der Waals surface area contributed by atoms with E-state index in [4.69, 9.17) is 4.98 Å². The summed E-state index contributed by atoms with van der Waals surface area (Å²) in [7, 11) is 0. The highest BCUT2D eigenvalue weighted by Gasteiger charge is 2.43. The number of aromatic nitrogens is 1. The molecule has 0 spiro atoms. The minimum Gasteiger partial charge on any atom is -0.374 e. The number of thioether (sulfide) groups is 2. The van der Waals surface area contributed by atoms with Crippen molar-refractivity contribution in [1.29, 1.82) is 0 Å². The Hall–Kier alpha value is -5.46. The second-order valence-corrected chi connectivity index (χ2v) is 17.2. The van der Waals surface area contributed by atoms with Crippen LogP contribution in [0.2, 0.25) is 0 Å². The number of ketones is 2. The molecule has 58 heavy (non-hydrogen) atoms. The average Bonchev–Trinajstić information content (AvgIpc) is 3.77. The van der Waals surface area contributed by atoms with Crippen LogP contribution < -0.4 is 10.2 Å². The molecule has 1 aliphatic heterocycles. The SMILES string of the molecule is CCCCSc1cc2c(cc1SCCCC)C(=O)N(c1ccc(CNC(O)c3ccccc3C=O)c3ccc(C4C(=O)c5cc6cc7cc-7c6cc5C4=O)nc13)C2=O. The van der Waals surface area contributed by atoms with E-state index in [-0.39, 0.29) is 35.0 Å². The first kappa shape index (κ1) is 38.1. The van der Waals surface area contributed by atoms with Crippen molar-refractivity contribution < 1.29 is 29.1 Å². The molecule has 0 bridgehead atoms. The predicted molar refractivity (Wildman–Crippen MR) is 229 cm³/mol. The maximum absolute atomic E-state index is 14.4. The molecule has 3 aliphatic carbocycles. The number of hydrogen-bond donors (Lipinski definition) is 2. The third kappa shape index (κ3) is 6.46. The van der Waals surface area contributed by atoms with Crippen LogP contribution >= 0.6 is 23.5 Å². The third-order valence-corrected chi connectivity index (χ3v) is 13.6. The maximum Gasteiger partial charge on any atom is 0.266 e. The van der Waals surface area contributed by atoms with Gasteiger partial charge < -0.3 is 5.11 Å². The van der Waals surface area contributed by atoms with Crippen molar-refractivity contribution in [3.63, 3.8) is 0 Å². The summed E-state index contributed by atoms with van der Waals surface area (Å²) in [5.74, 6) is -1.04. The molecule has 0 radical (unpaired) electrons. The quantitative estimate of drug-likeness (QED) is 0.0258. The molecule has 0 fully saturated rings. The lowest BCUT2D eigenvalue weighted by Gasteiger charge is -2.20. The molecule has 9 rings (SSSR count). The van der Waals surface area contributed by atoms with Gasteiger partial charge in [-0.15, -0.1) is 23.5 Å². The number of rotatable bonds is 15. The lowest BCUT2D eigenvalue weighted by molar-refractivity contribution is 0.0881. The number of fused-ring (bicyclic) bond motifs is 6. The van der Waals surface area contributed by atoms with Crippen LogP contribution in [0.1, 0.15) is 120 Å². The van der Waals surface area contributed by atoms with E-state index in [0.717, 1.165) is 73.8 Å². The van der Waals surface area contributed by atoms with Gasteiger partial charge in [-0.2, -0.15) is 0 Å². The Kier molecular flexibility index (Phi) is 10.1. The van der Waals surface area contributed by atoms with Gasteiger partial charge in [0.25, 0.3) is 11.8 Å². The van der Waals surface area contributed by atoms with E-state index in [9.17, 15) is 29.1 Å². The zero-order valence-corrected chi connectivity index (χ0v) is 33.6. The van der Waals surface area contributed by atoms with Gasteiger partial charge in [0, 0.05) is 44.0 Å². The van der Waals surface area contributed by atoms with E-state index in [0.29, 0.717) is 50.6 Å². The van der Waals surface area contributed by atoms with Crippen LogP contribution in [-0.2, 0) is 6.54 Å². The molecule has 0 saturated heterocycles. The molecule has 2 unspecified atom stereocenters. The highest BCUT2D eigenvalue weighted by Crippen LogP contribution is 2.47. The molecule has 11 heteroatoms. The number of benzene rings is 5. The van der Waals surface area contributed by atoms with Crippen molar-refractivity contribution in [1.82, 2.24) is 10.3 Å². The number of unbranched alkanes of at least 4 members (excludes halogenated alkanes) is 2. The number of nitrogens with one attached hydrogen (secondary N) is 1. The monoisotopic (exact) mass is 805 g/mol. The summed E-state index contributed by atoms with van der Waals surface area (Å²) < 4.78 is 0. The summed E-state index contributed by atoms with van der Waals surface area (Å²) >= 11 is 3.39. The number of carbonyl (C=O) groups excluding carboxylic acids is 5. The number of aldehydes is 1. The topological polar surface area (TPSA) is 134 Å². The van der Waals surface area contributed by atoms with E-state index < -0.39 is 24.0 Å². The lowest BCUT2D eigenvalue weighted by atomic mass is 9.97. The van der Waals surface area contributed by atoms with Crippen molar-refractivity contribution in [2.45, 2.75) is 68.0 Å². The smallest absolute Gasteiger partial charge is 0.266 e. The first-order valence-corrected chi connectivity index (χ1v) is 21.6. The first-order valence-electron chi connectivity index (χ1n) is 19.6. The van der Waals surface area contributed by atoms with Gasteiger partial charge in [0.15, 0.2) is 11.6 Å². The van der Waals surface area contributed by atoms with Crippen molar-refractivity contribution >= 4 is 80.6 Å². The summed E-state index contributed by atoms with van der Waals surface area (Å²) in [6.45, 7) is 4.40. The predicted octanol–water partition coefficient (Wildman–Crippen LogP) is 9.71. The minimum absolute atomic E-state index is 0.120. The van der Waals surface area contributed by atoms with Crippen LogP contribution in [0.3, 0.4) is 0 Å². The third-order valence-electron chi connectivity index (χ3n) is 11.2. The molecule has 4 aliphatic rings. The van der Waals surface area contributed by atoms with Crippen molar-refractivity contribution in [2.75, 3.05) is 16.4 Å².